The van der Waals surface area contributed by atoms with Crippen LogP contribution in [0.1, 0.15) is 25.8 Å². The van der Waals surface area contributed by atoms with Gasteiger partial charge in [0.15, 0.2) is 0 Å². The first-order valence-electron chi connectivity index (χ1n) is 6.29. The predicted molar refractivity (Wildman–Crippen MR) is 74.1 cm³/mol. The summed E-state index contributed by atoms with van der Waals surface area (Å²) in [5.41, 5.74) is 1.15. The first-order valence-corrected chi connectivity index (χ1v) is 7.77. The van der Waals surface area contributed by atoms with Crippen molar-refractivity contribution in [2.45, 2.75) is 37.6 Å². The molecule has 0 amide bonds. The third-order valence-electron chi connectivity index (χ3n) is 2.97. The molecule has 0 aromatic heterocycles. The van der Waals surface area contributed by atoms with Crippen LogP contribution in [0.2, 0.25) is 0 Å². The first kappa shape index (κ1) is 15.1. The zero-order valence-corrected chi connectivity index (χ0v) is 12.0. The fourth-order valence-corrected chi connectivity index (χ4v) is 2.59. The lowest BCUT2D eigenvalue weighted by Crippen LogP contribution is -2.30. The molecule has 0 bridgehead atoms. The Labute approximate surface area is 110 Å². The highest BCUT2D eigenvalue weighted by atomic mass is 32.2. The zero-order chi connectivity index (χ0) is 13.6. The van der Waals surface area contributed by atoms with Crippen molar-refractivity contribution in [3.63, 3.8) is 0 Å². The molecule has 0 radical (unpaired) electrons. The Hall–Kier alpha value is -0.910. The number of rotatable bonds is 7. The molecule has 0 saturated heterocycles. The molecular formula is C13H22N2O2S. The van der Waals surface area contributed by atoms with Gasteiger partial charge in [-0.3, -0.25) is 0 Å². The maximum atomic E-state index is 11.6. The topological polar surface area (TPSA) is 58.2 Å². The smallest absolute Gasteiger partial charge is 0.240 e. The molecule has 4 nitrogen and oxygen atoms in total. The van der Waals surface area contributed by atoms with Crippen molar-refractivity contribution in [1.29, 1.82) is 0 Å². The maximum absolute atomic E-state index is 11.6. The summed E-state index contributed by atoms with van der Waals surface area (Å²) in [6.07, 6.45) is 1.98. The van der Waals surface area contributed by atoms with Crippen LogP contribution in [-0.4, -0.2) is 28.1 Å². The highest BCUT2D eigenvalue weighted by molar-refractivity contribution is 7.89. The van der Waals surface area contributed by atoms with Gasteiger partial charge in [-0.15, -0.1) is 0 Å². The van der Waals surface area contributed by atoms with Gasteiger partial charge < -0.3 is 5.32 Å². The Balaban J connectivity index is 2.77. The molecule has 0 fully saturated rings. The van der Waals surface area contributed by atoms with Gasteiger partial charge in [0, 0.05) is 6.04 Å². The lowest BCUT2D eigenvalue weighted by molar-refractivity contribution is 0.510. The third kappa shape index (κ3) is 4.08. The van der Waals surface area contributed by atoms with Crippen LogP contribution in [0.5, 0.6) is 0 Å². The molecule has 1 aromatic rings. The van der Waals surface area contributed by atoms with Gasteiger partial charge in [0.25, 0.3) is 0 Å². The Morgan fingerprint density at radius 3 is 2.22 bits per heavy atom. The van der Waals surface area contributed by atoms with Crippen molar-refractivity contribution >= 4 is 10.0 Å². The molecule has 1 rings (SSSR count). The number of likely N-dealkylation sites (N-methyl/N-ethyl adjacent to an activating group) is 1. The molecule has 1 unspecified atom stereocenters. The minimum absolute atomic E-state index is 0.310. The Morgan fingerprint density at radius 1 is 1.17 bits per heavy atom. The second-order valence-corrected chi connectivity index (χ2v) is 6.11. The van der Waals surface area contributed by atoms with Crippen molar-refractivity contribution in [1.82, 2.24) is 10.0 Å². The molecule has 5 heteroatoms. The molecule has 1 atom stereocenters. The number of hydrogen-bond donors (Lipinski definition) is 2. The summed E-state index contributed by atoms with van der Waals surface area (Å²) in [6.45, 7) is 5.18. The van der Waals surface area contributed by atoms with Crippen molar-refractivity contribution in [3.8, 4) is 0 Å². The van der Waals surface area contributed by atoms with Gasteiger partial charge in [0.2, 0.25) is 10.0 Å². The average molecular weight is 270 g/mol. The van der Waals surface area contributed by atoms with E-state index in [1.54, 1.807) is 12.1 Å². The fraction of sp³-hybridized carbons (Fsp3) is 0.538. The van der Waals surface area contributed by atoms with Crippen LogP contribution >= 0.6 is 0 Å². The summed E-state index contributed by atoms with van der Waals surface area (Å²) >= 11 is 0. The molecule has 0 aliphatic heterocycles. The van der Waals surface area contributed by atoms with E-state index in [0.29, 0.717) is 10.9 Å². The van der Waals surface area contributed by atoms with Gasteiger partial charge in [0.05, 0.1) is 4.90 Å². The molecule has 0 aliphatic rings. The molecule has 1 aromatic carbocycles. The monoisotopic (exact) mass is 270 g/mol. The second kappa shape index (κ2) is 6.87. The van der Waals surface area contributed by atoms with Crippen molar-refractivity contribution in [2.24, 2.45) is 0 Å². The van der Waals surface area contributed by atoms with Crippen LogP contribution in [0, 0.1) is 0 Å². The normalized spacial score (nSPS) is 13.5. The predicted octanol–water partition coefficient (Wildman–Crippen LogP) is 1.53. The van der Waals surface area contributed by atoms with E-state index in [0.717, 1.165) is 24.9 Å². The summed E-state index contributed by atoms with van der Waals surface area (Å²) in [5, 5.41) is 3.41. The van der Waals surface area contributed by atoms with E-state index >= 15 is 0 Å². The molecule has 0 saturated carbocycles. The van der Waals surface area contributed by atoms with Gasteiger partial charge in [-0.05, 0) is 44.1 Å². The molecule has 0 aliphatic carbocycles. The second-order valence-electron chi connectivity index (χ2n) is 4.22. The highest BCUT2D eigenvalue weighted by Gasteiger charge is 2.11. The largest absolute Gasteiger partial charge is 0.314 e. The van der Waals surface area contributed by atoms with Gasteiger partial charge >= 0.3 is 0 Å². The van der Waals surface area contributed by atoms with Gasteiger partial charge in [-0.1, -0.05) is 26.0 Å². The summed E-state index contributed by atoms with van der Waals surface area (Å²) in [6, 6.07) is 7.51. The number of sulfonamides is 1. The van der Waals surface area contributed by atoms with Crippen molar-refractivity contribution < 1.29 is 8.42 Å². The summed E-state index contributed by atoms with van der Waals surface area (Å²) in [7, 11) is -1.91. The number of hydrogen-bond acceptors (Lipinski definition) is 3. The summed E-state index contributed by atoms with van der Waals surface area (Å²) in [5.74, 6) is 0. The van der Waals surface area contributed by atoms with Crippen LogP contribution in [0.3, 0.4) is 0 Å². The van der Waals surface area contributed by atoms with Crippen LogP contribution in [-0.2, 0) is 16.4 Å². The Bertz CT molecular complexity index is 454. The Kier molecular flexibility index (Phi) is 5.78. The first-order chi connectivity index (χ1) is 8.53. The molecule has 0 spiro atoms. The third-order valence-corrected chi connectivity index (χ3v) is 4.40. The van der Waals surface area contributed by atoms with Crippen LogP contribution in [0.4, 0.5) is 0 Å². The molecule has 2 N–H and O–H groups in total. The molecule has 0 heterocycles. The summed E-state index contributed by atoms with van der Waals surface area (Å²) < 4.78 is 25.4. The van der Waals surface area contributed by atoms with E-state index in [1.807, 2.05) is 12.1 Å². The molecule has 102 valence electrons. The van der Waals surface area contributed by atoms with Crippen LogP contribution < -0.4 is 10.0 Å². The zero-order valence-electron chi connectivity index (χ0n) is 11.2. The average Bonchev–Trinajstić information content (AvgIpc) is 2.39. The standard InChI is InChI=1S/C13H22N2O2S/c1-4-12(15-5-2)10-11-6-8-13(9-7-11)18(16,17)14-3/h6-9,12,14-15H,4-5,10H2,1-3H3. The highest BCUT2D eigenvalue weighted by Crippen LogP contribution is 2.12. The van der Waals surface area contributed by atoms with Gasteiger partial charge in [-0.25, -0.2) is 13.1 Å². The Morgan fingerprint density at radius 2 is 1.78 bits per heavy atom. The maximum Gasteiger partial charge on any atom is 0.240 e. The number of nitrogens with one attached hydrogen (secondary N) is 2. The number of benzene rings is 1. The van der Waals surface area contributed by atoms with E-state index in [4.69, 9.17) is 0 Å². The van der Waals surface area contributed by atoms with E-state index in [9.17, 15) is 8.42 Å². The van der Waals surface area contributed by atoms with Crippen molar-refractivity contribution in [2.75, 3.05) is 13.6 Å². The SMILES string of the molecule is CCNC(CC)Cc1ccc(S(=O)(=O)NC)cc1. The van der Waals surface area contributed by atoms with Crippen LogP contribution in [0.15, 0.2) is 29.2 Å². The van der Waals surface area contributed by atoms with E-state index in [-0.39, 0.29) is 0 Å². The van der Waals surface area contributed by atoms with E-state index < -0.39 is 10.0 Å². The van der Waals surface area contributed by atoms with Gasteiger partial charge in [-0.2, -0.15) is 0 Å². The minimum Gasteiger partial charge on any atom is -0.314 e. The minimum atomic E-state index is -3.32. The molecular weight excluding hydrogens is 248 g/mol. The summed E-state index contributed by atoms with van der Waals surface area (Å²) in [4.78, 5) is 0.310. The van der Waals surface area contributed by atoms with Crippen LogP contribution in [0.25, 0.3) is 0 Å². The van der Waals surface area contributed by atoms with Crippen molar-refractivity contribution in [3.05, 3.63) is 29.8 Å². The van der Waals surface area contributed by atoms with E-state index in [2.05, 4.69) is 23.9 Å². The lowest BCUT2D eigenvalue weighted by atomic mass is 10.0. The fourth-order valence-electron chi connectivity index (χ4n) is 1.86. The van der Waals surface area contributed by atoms with Gasteiger partial charge in [0.1, 0.15) is 0 Å². The van der Waals surface area contributed by atoms with E-state index in [1.165, 1.54) is 7.05 Å². The molecule has 18 heavy (non-hydrogen) atoms. The lowest BCUT2D eigenvalue weighted by Gasteiger charge is -2.15. The quantitative estimate of drug-likeness (QED) is 0.790.